The SMILES string of the molecule is COc1ccc(-c2nnn(CC(=O)N(Cc3ccco3)C(C(=O)NC3CCCC3)c3cccs3)n2)cc1. The smallest absolute Gasteiger partial charge is 0.248 e. The average Bonchev–Trinajstić information content (AvgIpc) is 3.73. The van der Waals surface area contributed by atoms with Crippen molar-refractivity contribution in [2.24, 2.45) is 0 Å². The number of nitrogens with zero attached hydrogens (tertiary/aromatic N) is 5. The zero-order chi connectivity index (χ0) is 25.6. The Morgan fingerprint density at radius 3 is 2.68 bits per heavy atom. The topological polar surface area (TPSA) is 115 Å². The number of amides is 2. The van der Waals surface area contributed by atoms with Gasteiger partial charge in [-0.05, 0) is 65.9 Å². The molecule has 192 valence electrons. The van der Waals surface area contributed by atoms with E-state index in [-0.39, 0.29) is 30.9 Å². The third kappa shape index (κ3) is 5.88. The van der Waals surface area contributed by atoms with Gasteiger partial charge in [-0.15, -0.1) is 21.5 Å². The van der Waals surface area contributed by atoms with Crippen LogP contribution < -0.4 is 10.1 Å². The fraction of sp³-hybridized carbons (Fsp3) is 0.346. The van der Waals surface area contributed by atoms with Crippen LogP contribution in [0.15, 0.2) is 64.6 Å². The van der Waals surface area contributed by atoms with Crippen LogP contribution in [-0.2, 0) is 22.7 Å². The maximum absolute atomic E-state index is 13.7. The molecule has 1 N–H and O–H groups in total. The number of hydrogen-bond donors (Lipinski definition) is 1. The average molecular weight is 521 g/mol. The minimum Gasteiger partial charge on any atom is -0.497 e. The molecule has 1 atom stereocenters. The number of rotatable bonds is 10. The lowest BCUT2D eigenvalue weighted by Crippen LogP contribution is -2.46. The Kier molecular flexibility index (Phi) is 7.59. The Morgan fingerprint density at radius 2 is 2.00 bits per heavy atom. The number of furan rings is 1. The molecular formula is C26H28N6O4S. The molecule has 1 aromatic carbocycles. The molecule has 0 spiro atoms. The number of thiophene rings is 1. The molecule has 2 amide bonds. The van der Waals surface area contributed by atoms with Gasteiger partial charge in [-0.2, -0.15) is 4.80 Å². The summed E-state index contributed by atoms with van der Waals surface area (Å²) in [7, 11) is 1.60. The van der Waals surface area contributed by atoms with Gasteiger partial charge in [0.05, 0.1) is 19.9 Å². The van der Waals surface area contributed by atoms with E-state index < -0.39 is 6.04 Å². The molecular weight excluding hydrogens is 492 g/mol. The highest BCUT2D eigenvalue weighted by atomic mass is 32.1. The largest absolute Gasteiger partial charge is 0.497 e. The third-order valence-electron chi connectivity index (χ3n) is 6.38. The van der Waals surface area contributed by atoms with Crippen LogP contribution >= 0.6 is 11.3 Å². The summed E-state index contributed by atoms with van der Waals surface area (Å²) in [6.07, 6.45) is 5.64. The van der Waals surface area contributed by atoms with E-state index in [0.717, 1.165) is 41.9 Å². The van der Waals surface area contributed by atoms with E-state index in [9.17, 15) is 9.59 Å². The zero-order valence-corrected chi connectivity index (χ0v) is 21.3. The van der Waals surface area contributed by atoms with Gasteiger partial charge in [0.1, 0.15) is 24.1 Å². The van der Waals surface area contributed by atoms with Crippen LogP contribution in [0.1, 0.15) is 42.4 Å². The molecule has 1 unspecified atom stereocenters. The molecule has 3 heterocycles. The second-order valence-corrected chi connectivity index (χ2v) is 9.86. The van der Waals surface area contributed by atoms with Gasteiger partial charge in [-0.1, -0.05) is 18.9 Å². The van der Waals surface area contributed by atoms with E-state index >= 15 is 0 Å². The molecule has 5 rings (SSSR count). The molecule has 4 aromatic rings. The summed E-state index contributed by atoms with van der Waals surface area (Å²) in [6, 6.07) is 13.9. The standard InChI is InChI=1S/C26H28N6O4S/c1-35-20-12-10-18(11-13-20)25-28-30-32(29-25)17-23(33)31(16-21-8-4-14-36-21)24(22-9-5-15-37-22)26(34)27-19-6-2-3-7-19/h4-5,8-15,19,24H,2-3,6-7,16-17H2,1H3,(H,27,34). The molecule has 0 aliphatic heterocycles. The predicted molar refractivity (Wildman–Crippen MR) is 137 cm³/mol. The number of ether oxygens (including phenoxy) is 1. The maximum atomic E-state index is 13.7. The Morgan fingerprint density at radius 1 is 1.19 bits per heavy atom. The number of tetrazole rings is 1. The van der Waals surface area contributed by atoms with Gasteiger partial charge in [-0.25, -0.2) is 0 Å². The molecule has 1 aliphatic rings. The summed E-state index contributed by atoms with van der Waals surface area (Å²) in [4.78, 5) is 30.8. The van der Waals surface area contributed by atoms with E-state index in [1.807, 2.05) is 29.6 Å². The van der Waals surface area contributed by atoms with Gasteiger partial charge >= 0.3 is 0 Å². The lowest BCUT2D eigenvalue weighted by molar-refractivity contribution is -0.142. The Balaban J connectivity index is 1.39. The monoisotopic (exact) mass is 520 g/mol. The van der Waals surface area contributed by atoms with Crippen molar-refractivity contribution in [1.29, 1.82) is 0 Å². The first-order chi connectivity index (χ1) is 18.1. The number of hydrogen-bond acceptors (Lipinski definition) is 8. The first-order valence-electron chi connectivity index (χ1n) is 12.2. The van der Waals surface area contributed by atoms with E-state index in [1.165, 1.54) is 21.0 Å². The van der Waals surface area contributed by atoms with Gasteiger partial charge < -0.3 is 19.4 Å². The van der Waals surface area contributed by atoms with Crippen molar-refractivity contribution in [3.8, 4) is 17.1 Å². The quantitative estimate of drug-likeness (QED) is 0.338. The number of benzene rings is 1. The van der Waals surface area contributed by atoms with Crippen molar-refractivity contribution < 1.29 is 18.7 Å². The summed E-state index contributed by atoms with van der Waals surface area (Å²) < 4.78 is 10.7. The van der Waals surface area contributed by atoms with Crippen LogP contribution in [-0.4, -0.2) is 50.1 Å². The fourth-order valence-electron chi connectivity index (χ4n) is 4.49. The Labute approximate surface area is 218 Å². The second kappa shape index (κ2) is 11.4. The molecule has 1 saturated carbocycles. The van der Waals surface area contributed by atoms with E-state index in [1.54, 1.807) is 37.6 Å². The normalized spacial score (nSPS) is 14.4. The van der Waals surface area contributed by atoms with Crippen molar-refractivity contribution >= 4 is 23.2 Å². The van der Waals surface area contributed by atoms with Crippen LogP contribution in [0, 0.1) is 0 Å². The van der Waals surface area contributed by atoms with Crippen LogP contribution in [0.3, 0.4) is 0 Å². The molecule has 0 bridgehead atoms. The van der Waals surface area contributed by atoms with Gasteiger partial charge in [-0.3, -0.25) is 9.59 Å². The highest BCUT2D eigenvalue weighted by molar-refractivity contribution is 7.10. The van der Waals surface area contributed by atoms with Gasteiger partial charge in [0.25, 0.3) is 0 Å². The van der Waals surface area contributed by atoms with Crippen LogP contribution in [0.25, 0.3) is 11.4 Å². The van der Waals surface area contributed by atoms with Crippen molar-refractivity contribution in [2.45, 2.75) is 50.9 Å². The third-order valence-corrected chi connectivity index (χ3v) is 7.30. The van der Waals surface area contributed by atoms with Gasteiger partial charge in [0.2, 0.25) is 17.6 Å². The van der Waals surface area contributed by atoms with Crippen LogP contribution in [0.4, 0.5) is 0 Å². The summed E-state index contributed by atoms with van der Waals surface area (Å²) in [5.41, 5.74) is 0.749. The number of aromatic nitrogens is 4. The van der Waals surface area contributed by atoms with Crippen LogP contribution in [0.5, 0.6) is 5.75 Å². The molecule has 11 heteroatoms. The lowest BCUT2D eigenvalue weighted by Gasteiger charge is -2.30. The lowest BCUT2D eigenvalue weighted by atomic mass is 10.1. The second-order valence-electron chi connectivity index (χ2n) is 8.88. The van der Waals surface area contributed by atoms with E-state index in [2.05, 4.69) is 20.7 Å². The molecule has 1 aliphatic carbocycles. The van der Waals surface area contributed by atoms with E-state index in [4.69, 9.17) is 9.15 Å². The molecule has 3 aromatic heterocycles. The first-order valence-corrected chi connectivity index (χ1v) is 13.1. The maximum Gasteiger partial charge on any atom is 0.248 e. The number of carbonyl (C=O) groups excluding carboxylic acids is 2. The van der Waals surface area contributed by atoms with Crippen molar-refractivity contribution in [3.05, 3.63) is 70.8 Å². The zero-order valence-electron chi connectivity index (χ0n) is 20.4. The van der Waals surface area contributed by atoms with Crippen molar-refractivity contribution in [2.75, 3.05) is 7.11 Å². The highest BCUT2D eigenvalue weighted by Crippen LogP contribution is 2.29. The molecule has 0 saturated heterocycles. The van der Waals surface area contributed by atoms with Crippen molar-refractivity contribution in [3.63, 3.8) is 0 Å². The summed E-state index contributed by atoms with van der Waals surface area (Å²) in [5.74, 6) is 1.17. The number of nitrogens with one attached hydrogen (secondary N) is 1. The number of carbonyl (C=O) groups is 2. The molecule has 37 heavy (non-hydrogen) atoms. The Bertz CT molecular complexity index is 1300. The predicted octanol–water partition coefficient (Wildman–Crippen LogP) is 3.83. The molecule has 0 radical (unpaired) electrons. The minimum atomic E-state index is -0.803. The molecule has 10 nitrogen and oxygen atoms in total. The fourth-order valence-corrected chi connectivity index (χ4v) is 5.33. The first kappa shape index (κ1) is 24.7. The Hall–Kier alpha value is -3.99. The number of methoxy groups -OCH3 is 1. The summed E-state index contributed by atoms with van der Waals surface area (Å²) in [5, 5.41) is 17.6. The van der Waals surface area contributed by atoms with Crippen molar-refractivity contribution in [1.82, 2.24) is 30.4 Å². The van der Waals surface area contributed by atoms with Crippen LogP contribution in [0.2, 0.25) is 0 Å². The molecule has 1 fully saturated rings. The van der Waals surface area contributed by atoms with E-state index in [0.29, 0.717) is 11.6 Å². The van der Waals surface area contributed by atoms with Gasteiger partial charge in [0.15, 0.2) is 0 Å². The summed E-state index contributed by atoms with van der Waals surface area (Å²) in [6.45, 7) is -0.0467. The van der Waals surface area contributed by atoms with Gasteiger partial charge in [0, 0.05) is 16.5 Å². The summed E-state index contributed by atoms with van der Waals surface area (Å²) >= 11 is 1.44. The minimum absolute atomic E-state index is 0.125. The highest BCUT2D eigenvalue weighted by Gasteiger charge is 2.34.